The third kappa shape index (κ3) is 6.76. The van der Waals surface area contributed by atoms with Gasteiger partial charge in [-0.05, 0) is 30.0 Å². The number of nitrogen functional groups attached to an aromatic ring is 1. The number of halogens is 4. The molecule has 35 heavy (non-hydrogen) atoms. The highest BCUT2D eigenvalue weighted by atomic mass is 32.2. The summed E-state index contributed by atoms with van der Waals surface area (Å²) in [6.07, 6.45) is -2.37. The van der Waals surface area contributed by atoms with Crippen LogP contribution in [-0.2, 0) is 26.7 Å². The monoisotopic (exact) mass is 516 g/mol. The van der Waals surface area contributed by atoms with Gasteiger partial charge < -0.3 is 14.4 Å². The Morgan fingerprint density at radius 2 is 1.83 bits per heavy atom. The zero-order valence-corrected chi connectivity index (χ0v) is 19.0. The minimum Gasteiger partial charge on any atom is -0.748 e. The molecule has 0 bridgehead atoms. The van der Waals surface area contributed by atoms with E-state index in [9.17, 15) is 22.4 Å². The molecule has 1 fully saturated rings. The molecule has 4 N–H and O–H groups in total. The number of nitrogens with zero attached hydrogens (tertiary/aromatic N) is 1. The summed E-state index contributed by atoms with van der Waals surface area (Å²) in [6.45, 7) is 0. The number of alkyl halides is 3. The molecule has 1 saturated carbocycles. The molecule has 1 amide bonds. The largest absolute Gasteiger partial charge is 0.748 e. The molecule has 2 heterocycles. The van der Waals surface area contributed by atoms with Crippen LogP contribution in [0.3, 0.4) is 0 Å². The normalized spacial score (nSPS) is 14.6. The number of rotatable bonds is 5. The first-order chi connectivity index (χ1) is 16.2. The zero-order chi connectivity index (χ0) is 26.0. The first kappa shape index (κ1) is 26.1. The number of H-pyrrole nitrogens is 1. The number of carbonyl (C=O) groups is 1. The Kier molecular flexibility index (Phi) is 7.17. The number of nitrogens with one attached hydrogen (secondary N) is 2. The number of nitrogens with two attached hydrogens (primary N) is 1. The number of carbonyl (C=O) groups excluding carboxylic acids is 1. The van der Waals surface area contributed by atoms with Gasteiger partial charge in [-0.25, -0.2) is 13.4 Å². The van der Waals surface area contributed by atoms with Crippen molar-refractivity contribution in [2.75, 3.05) is 17.3 Å². The van der Waals surface area contributed by atoms with Gasteiger partial charge in [0.1, 0.15) is 5.41 Å². The SMILES string of the molecule is CS(=O)(=O)[O-].Nc1[nH+]cc(-c2ccc(CC(=O)Nc3cc(C4(C(F)(F)F)CC4)on3)cc2)cc1F. The van der Waals surface area contributed by atoms with Crippen molar-refractivity contribution in [2.24, 2.45) is 0 Å². The van der Waals surface area contributed by atoms with Crippen molar-refractivity contribution in [3.8, 4) is 11.1 Å². The Labute approximate surface area is 197 Å². The number of anilines is 2. The highest BCUT2D eigenvalue weighted by Gasteiger charge is 2.66. The van der Waals surface area contributed by atoms with Crippen LogP contribution >= 0.6 is 0 Å². The highest BCUT2D eigenvalue weighted by Crippen LogP contribution is 2.59. The lowest BCUT2D eigenvalue weighted by Gasteiger charge is -2.14. The summed E-state index contributed by atoms with van der Waals surface area (Å²) in [6, 6.07) is 9.24. The van der Waals surface area contributed by atoms with Crippen LogP contribution in [0.1, 0.15) is 24.2 Å². The fourth-order valence-electron chi connectivity index (χ4n) is 3.19. The molecule has 0 unspecified atom stereocenters. The van der Waals surface area contributed by atoms with Crippen molar-refractivity contribution in [3.63, 3.8) is 0 Å². The number of aromatic amines is 1. The highest BCUT2D eigenvalue weighted by molar-refractivity contribution is 7.84. The second kappa shape index (κ2) is 9.62. The Bertz CT molecular complexity index is 1310. The van der Waals surface area contributed by atoms with E-state index in [4.69, 9.17) is 23.2 Å². The van der Waals surface area contributed by atoms with Crippen molar-refractivity contribution in [3.05, 3.63) is 59.7 Å². The minimum atomic E-state index is -4.42. The van der Waals surface area contributed by atoms with Gasteiger partial charge in [0.05, 0.1) is 22.7 Å². The molecule has 0 spiro atoms. The van der Waals surface area contributed by atoms with Gasteiger partial charge in [0.25, 0.3) is 0 Å². The predicted molar refractivity (Wildman–Crippen MR) is 114 cm³/mol. The Hall–Kier alpha value is -3.52. The topological polar surface area (TPSA) is 152 Å². The van der Waals surface area contributed by atoms with Crippen molar-refractivity contribution in [1.82, 2.24) is 5.16 Å². The number of pyridine rings is 1. The molecule has 4 rings (SSSR count). The van der Waals surface area contributed by atoms with E-state index in [1.165, 1.54) is 6.07 Å². The molecule has 0 atom stereocenters. The number of aromatic nitrogens is 2. The molecule has 9 nitrogen and oxygen atoms in total. The molecule has 0 radical (unpaired) electrons. The quantitative estimate of drug-likeness (QED) is 0.391. The van der Waals surface area contributed by atoms with Crippen LogP contribution in [-0.4, -0.2) is 36.5 Å². The van der Waals surface area contributed by atoms with Crippen LogP contribution in [0.4, 0.5) is 29.2 Å². The average molecular weight is 516 g/mol. The summed E-state index contributed by atoms with van der Waals surface area (Å²) < 4.78 is 85.0. The van der Waals surface area contributed by atoms with E-state index in [1.807, 2.05) is 0 Å². The van der Waals surface area contributed by atoms with E-state index in [2.05, 4.69) is 15.5 Å². The third-order valence-corrected chi connectivity index (χ3v) is 5.12. The van der Waals surface area contributed by atoms with Gasteiger partial charge >= 0.3 is 12.0 Å². The van der Waals surface area contributed by atoms with Gasteiger partial charge in [0, 0.05) is 17.9 Å². The van der Waals surface area contributed by atoms with Gasteiger partial charge in [0.2, 0.25) is 11.7 Å². The second-order valence-electron chi connectivity index (χ2n) is 7.93. The Morgan fingerprint density at radius 1 is 1.23 bits per heavy atom. The lowest BCUT2D eigenvalue weighted by molar-refractivity contribution is -0.361. The van der Waals surface area contributed by atoms with Crippen molar-refractivity contribution in [2.45, 2.75) is 30.9 Å². The van der Waals surface area contributed by atoms with Crippen LogP contribution in [0.5, 0.6) is 0 Å². The Balaban J connectivity index is 0.000000623. The molecular formula is C21H20F4N4O5S. The number of hydrogen-bond acceptors (Lipinski definition) is 7. The summed E-state index contributed by atoms with van der Waals surface area (Å²) in [5.74, 6) is -1.43. The third-order valence-electron chi connectivity index (χ3n) is 5.12. The van der Waals surface area contributed by atoms with E-state index in [0.717, 1.165) is 11.6 Å². The maximum absolute atomic E-state index is 13.6. The molecule has 0 aliphatic heterocycles. The molecular weight excluding hydrogens is 496 g/mol. The second-order valence-corrected chi connectivity index (χ2v) is 9.34. The molecule has 188 valence electrons. The molecule has 1 aliphatic rings. The smallest absolute Gasteiger partial charge is 0.401 e. The van der Waals surface area contributed by atoms with Gasteiger partial charge in [-0.2, -0.15) is 17.6 Å². The minimum absolute atomic E-state index is 0.0187. The van der Waals surface area contributed by atoms with Crippen LogP contribution in [0.15, 0.2) is 47.1 Å². The van der Waals surface area contributed by atoms with E-state index in [-0.39, 0.29) is 36.7 Å². The summed E-state index contributed by atoms with van der Waals surface area (Å²) in [5, 5.41) is 5.97. The Morgan fingerprint density at radius 3 is 2.34 bits per heavy atom. The van der Waals surface area contributed by atoms with Gasteiger partial charge in [-0.15, -0.1) is 0 Å². The van der Waals surface area contributed by atoms with Crippen LogP contribution in [0, 0.1) is 5.82 Å². The van der Waals surface area contributed by atoms with Crippen molar-refractivity contribution in [1.29, 1.82) is 0 Å². The number of hydrogen-bond donors (Lipinski definition) is 2. The first-order valence-corrected chi connectivity index (χ1v) is 11.8. The standard InChI is InChI=1S/C20H16F4N4O2.CH4O3S/c21-14-8-13(10-26-18(14)25)12-3-1-11(2-4-12)7-17(29)27-16-9-15(30-28-16)19(5-6-19)20(22,23)24;1-5(2,3)4/h1-4,8-10H,5-7H2,(H2,25,26)(H,27,28,29);1H3,(H,2,3,4). The molecule has 1 aliphatic carbocycles. The predicted octanol–water partition coefficient (Wildman–Crippen LogP) is 2.81. The van der Waals surface area contributed by atoms with Gasteiger partial charge in [0.15, 0.2) is 11.6 Å². The average Bonchev–Trinajstić information content (AvgIpc) is 3.44. The summed E-state index contributed by atoms with van der Waals surface area (Å²) in [4.78, 5) is 14.8. The van der Waals surface area contributed by atoms with E-state index in [0.29, 0.717) is 17.4 Å². The maximum Gasteiger partial charge on any atom is 0.401 e. The van der Waals surface area contributed by atoms with Crippen LogP contribution in [0.2, 0.25) is 0 Å². The molecule has 0 saturated heterocycles. The van der Waals surface area contributed by atoms with E-state index < -0.39 is 33.4 Å². The molecule has 2 aromatic heterocycles. The summed E-state index contributed by atoms with van der Waals surface area (Å²) in [7, 11) is -3.92. The van der Waals surface area contributed by atoms with Gasteiger partial charge in [-0.3, -0.25) is 10.5 Å². The first-order valence-electron chi connectivity index (χ1n) is 9.98. The fourth-order valence-corrected chi connectivity index (χ4v) is 3.19. The lowest BCUT2D eigenvalue weighted by atomic mass is 10.0. The van der Waals surface area contributed by atoms with Crippen LogP contribution in [0.25, 0.3) is 11.1 Å². The fraction of sp³-hybridized carbons (Fsp3) is 0.286. The molecule has 3 aromatic rings. The summed E-state index contributed by atoms with van der Waals surface area (Å²) in [5.41, 5.74) is 5.40. The molecule has 14 heteroatoms. The molecule has 1 aromatic carbocycles. The van der Waals surface area contributed by atoms with E-state index in [1.54, 1.807) is 30.5 Å². The van der Waals surface area contributed by atoms with Crippen molar-refractivity contribution < 1.29 is 44.8 Å². The zero-order valence-electron chi connectivity index (χ0n) is 18.1. The number of amides is 1. The van der Waals surface area contributed by atoms with E-state index >= 15 is 0 Å². The van der Waals surface area contributed by atoms with Crippen LogP contribution < -0.4 is 16.0 Å². The van der Waals surface area contributed by atoms with Crippen molar-refractivity contribution >= 4 is 27.7 Å². The lowest BCUT2D eigenvalue weighted by Crippen LogP contribution is -2.28. The maximum atomic E-state index is 13.6. The summed E-state index contributed by atoms with van der Waals surface area (Å²) >= 11 is 0. The van der Waals surface area contributed by atoms with Gasteiger partial charge in [-0.1, -0.05) is 29.4 Å². The number of benzene rings is 1.